The maximum absolute atomic E-state index is 13.6. The Kier molecular flexibility index (Phi) is 7.45. The molecule has 0 saturated carbocycles. The number of carbonyl (C=O) groups excluding carboxylic acids is 2. The van der Waals surface area contributed by atoms with Gasteiger partial charge >= 0.3 is 5.69 Å². The SMILES string of the molecule is COc1ccc(-n2c(C(=O)NCc3ccc(F)cc3)c3n(c2=O)CCN(C(=O)c2ccc(Cl)c(Cl)c2)C3)cc1. The molecule has 0 atom stereocenters. The van der Waals surface area contributed by atoms with Gasteiger partial charge in [-0.15, -0.1) is 0 Å². The highest BCUT2D eigenvalue weighted by atomic mass is 35.5. The number of fused-ring (bicyclic) bond motifs is 1. The van der Waals surface area contributed by atoms with Crippen LogP contribution in [0.5, 0.6) is 5.75 Å². The van der Waals surface area contributed by atoms with Crippen molar-refractivity contribution in [3.63, 3.8) is 0 Å². The second-order valence-electron chi connectivity index (χ2n) is 8.93. The Labute approximate surface area is 233 Å². The van der Waals surface area contributed by atoms with Gasteiger partial charge in [0, 0.05) is 25.2 Å². The molecule has 0 saturated heterocycles. The zero-order chi connectivity index (χ0) is 27.7. The molecule has 0 unspecified atom stereocenters. The van der Waals surface area contributed by atoms with Crippen molar-refractivity contribution in [2.75, 3.05) is 13.7 Å². The third-order valence-electron chi connectivity index (χ3n) is 6.54. The van der Waals surface area contributed by atoms with Crippen LogP contribution in [0, 0.1) is 5.82 Å². The maximum atomic E-state index is 13.6. The third kappa shape index (κ3) is 5.28. The number of hydrogen-bond donors (Lipinski definition) is 1. The molecule has 1 aliphatic rings. The predicted molar refractivity (Wildman–Crippen MR) is 145 cm³/mol. The van der Waals surface area contributed by atoms with E-state index in [4.69, 9.17) is 27.9 Å². The van der Waals surface area contributed by atoms with Crippen LogP contribution in [-0.2, 0) is 19.6 Å². The highest BCUT2D eigenvalue weighted by Gasteiger charge is 2.32. The van der Waals surface area contributed by atoms with Gasteiger partial charge in [0.1, 0.15) is 17.3 Å². The number of methoxy groups -OCH3 is 1. The summed E-state index contributed by atoms with van der Waals surface area (Å²) in [4.78, 5) is 42.0. The third-order valence-corrected chi connectivity index (χ3v) is 7.28. The largest absolute Gasteiger partial charge is 0.497 e. The minimum Gasteiger partial charge on any atom is -0.497 e. The first-order valence-electron chi connectivity index (χ1n) is 12.0. The molecule has 0 spiro atoms. The van der Waals surface area contributed by atoms with E-state index in [1.165, 1.54) is 34.4 Å². The zero-order valence-electron chi connectivity index (χ0n) is 20.8. The number of carbonyl (C=O) groups is 2. The lowest BCUT2D eigenvalue weighted by Gasteiger charge is -2.28. The van der Waals surface area contributed by atoms with Crippen molar-refractivity contribution in [2.45, 2.75) is 19.6 Å². The summed E-state index contributed by atoms with van der Waals surface area (Å²) in [7, 11) is 1.53. The van der Waals surface area contributed by atoms with Crippen LogP contribution in [0.1, 0.15) is 32.1 Å². The quantitative estimate of drug-likeness (QED) is 0.366. The van der Waals surface area contributed by atoms with Crippen LogP contribution >= 0.6 is 23.2 Å². The maximum Gasteiger partial charge on any atom is 0.333 e. The fourth-order valence-electron chi connectivity index (χ4n) is 4.52. The van der Waals surface area contributed by atoms with Crippen molar-refractivity contribution in [3.05, 3.63) is 116 Å². The van der Waals surface area contributed by atoms with Crippen molar-refractivity contribution in [1.29, 1.82) is 0 Å². The lowest BCUT2D eigenvalue weighted by Crippen LogP contribution is -2.41. The van der Waals surface area contributed by atoms with Crippen molar-refractivity contribution in [2.24, 2.45) is 0 Å². The Hall–Kier alpha value is -4.08. The molecule has 0 aliphatic carbocycles. The van der Waals surface area contributed by atoms with E-state index in [2.05, 4.69) is 5.32 Å². The molecule has 1 aromatic heterocycles. The molecule has 11 heteroatoms. The molecule has 5 rings (SSSR count). The monoisotopic (exact) mass is 568 g/mol. The lowest BCUT2D eigenvalue weighted by atomic mass is 10.1. The number of nitrogens with one attached hydrogen (secondary N) is 1. The Balaban J connectivity index is 1.53. The Morgan fingerprint density at radius 1 is 0.974 bits per heavy atom. The van der Waals surface area contributed by atoms with Gasteiger partial charge in [-0.05, 0) is 60.2 Å². The van der Waals surface area contributed by atoms with Crippen molar-refractivity contribution < 1.29 is 18.7 Å². The summed E-state index contributed by atoms with van der Waals surface area (Å²) in [6.45, 7) is 0.598. The average Bonchev–Trinajstić information content (AvgIpc) is 3.25. The highest BCUT2D eigenvalue weighted by Crippen LogP contribution is 2.26. The molecule has 1 N–H and O–H groups in total. The summed E-state index contributed by atoms with van der Waals surface area (Å²) in [6.07, 6.45) is 0. The van der Waals surface area contributed by atoms with Gasteiger partial charge < -0.3 is 15.0 Å². The summed E-state index contributed by atoms with van der Waals surface area (Å²) in [5, 5.41) is 3.41. The normalized spacial score (nSPS) is 12.7. The molecule has 2 amide bonds. The summed E-state index contributed by atoms with van der Waals surface area (Å²) in [5.41, 5.74) is 1.61. The van der Waals surface area contributed by atoms with E-state index in [1.54, 1.807) is 53.4 Å². The van der Waals surface area contributed by atoms with Gasteiger partial charge in [-0.1, -0.05) is 35.3 Å². The van der Waals surface area contributed by atoms with Crippen LogP contribution < -0.4 is 15.7 Å². The smallest absolute Gasteiger partial charge is 0.333 e. The number of amides is 2. The average molecular weight is 569 g/mol. The fourth-order valence-corrected chi connectivity index (χ4v) is 4.82. The molecule has 0 fully saturated rings. The molecule has 2 heterocycles. The van der Waals surface area contributed by atoms with Crippen LogP contribution in [0.15, 0.2) is 71.5 Å². The number of benzene rings is 3. The number of nitrogens with zero attached hydrogens (tertiary/aromatic N) is 3. The molecule has 0 bridgehead atoms. The Bertz CT molecular complexity index is 1610. The van der Waals surface area contributed by atoms with Gasteiger partial charge in [0.05, 0.1) is 35.1 Å². The van der Waals surface area contributed by atoms with Crippen LogP contribution in [0.4, 0.5) is 4.39 Å². The molecule has 3 aromatic carbocycles. The first kappa shape index (κ1) is 26.5. The summed E-state index contributed by atoms with van der Waals surface area (Å²) < 4.78 is 21.4. The van der Waals surface area contributed by atoms with E-state index in [-0.39, 0.29) is 48.6 Å². The van der Waals surface area contributed by atoms with Crippen LogP contribution in [0.2, 0.25) is 10.0 Å². The van der Waals surface area contributed by atoms with Crippen LogP contribution in [-0.4, -0.2) is 39.5 Å². The minimum atomic E-state index is -0.509. The second kappa shape index (κ2) is 11.0. The van der Waals surface area contributed by atoms with Crippen molar-refractivity contribution >= 4 is 35.0 Å². The Morgan fingerprint density at radius 3 is 2.36 bits per heavy atom. The van der Waals surface area contributed by atoms with E-state index in [0.29, 0.717) is 33.3 Å². The predicted octanol–water partition coefficient (Wildman–Crippen LogP) is 4.68. The number of halogens is 3. The number of imidazole rings is 1. The van der Waals surface area contributed by atoms with E-state index in [9.17, 15) is 18.8 Å². The van der Waals surface area contributed by atoms with E-state index < -0.39 is 11.6 Å². The van der Waals surface area contributed by atoms with Gasteiger partial charge in [-0.2, -0.15) is 0 Å². The first-order valence-corrected chi connectivity index (χ1v) is 12.8. The molecule has 200 valence electrons. The van der Waals surface area contributed by atoms with Gasteiger partial charge in [0.25, 0.3) is 11.8 Å². The highest BCUT2D eigenvalue weighted by molar-refractivity contribution is 6.42. The van der Waals surface area contributed by atoms with Crippen LogP contribution in [0.25, 0.3) is 5.69 Å². The molecular weight excluding hydrogens is 546 g/mol. The number of rotatable bonds is 6. The number of ether oxygens (including phenoxy) is 1. The standard InChI is InChI=1S/C28H23Cl2FN4O4/c1-39-21-9-7-20(8-10-21)35-25(26(36)32-15-17-2-5-19(31)6-3-17)24-16-33(12-13-34(24)28(35)38)27(37)18-4-11-22(29)23(30)14-18/h2-11,14H,12-13,15-16H2,1H3,(H,32,36). The summed E-state index contributed by atoms with van der Waals surface area (Å²) >= 11 is 12.1. The second-order valence-corrected chi connectivity index (χ2v) is 9.74. The van der Waals surface area contributed by atoms with Gasteiger partial charge in [-0.3, -0.25) is 18.7 Å². The van der Waals surface area contributed by atoms with Crippen molar-refractivity contribution in [1.82, 2.24) is 19.4 Å². The summed E-state index contributed by atoms with van der Waals surface area (Å²) in [5.74, 6) is -0.602. The molecule has 8 nitrogen and oxygen atoms in total. The number of hydrogen-bond acceptors (Lipinski definition) is 4. The van der Waals surface area contributed by atoms with E-state index in [1.807, 2.05) is 0 Å². The van der Waals surface area contributed by atoms with Gasteiger partial charge in [0.2, 0.25) is 0 Å². The van der Waals surface area contributed by atoms with Crippen LogP contribution in [0.3, 0.4) is 0 Å². The Morgan fingerprint density at radius 2 is 1.69 bits per heavy atom. The minimum absolute atomic E-state index is 0.0246. The number of aromatic nitrogens is 2. The van der Waals surface area contributed by atoms with E-state index in [0.717, 1.165) is 0 Å². The lowest BCUT2D eigenvalue weighted by molar-refractivity contribution is 0.0706. The first-order chi connectivity index (χ1) is 18.8. The molecule has 4 aromatic rings. The van der Waals surface area contributed by atoms with Crippen molar-refractivity contribution in [3.8, 4) is 11.4 Å². The molecule has 1 aliphatic heterocycles. The van der Waals surface area contributed by atoms with Gasteiger partial charge in [-0.25, -0.2) is 9.18 Å². The van der Waals surface area contributed by atoms with E-state index >= 15 is 0 Å². The molecule has 0 radical (unpaired) electrons. The summed E-state index contributed by atoms with van der Waals surface area (Å²) in [6, 6.07) is 17.1. The molecule has 39 heavy (non-hydrogen) atoms. The van der Waals surface area contributed by atoms with Gasteiger partial charge in [0.15, 0.2) is 0 Å². The molecular formula is C28H23Cl2FN4O4. The fraction of sp³-hybridized carbons (Fsp3) is 0.179. The zero-order valence-corrected chi connectivity index (χ0v) is 22.3. The topological polar surface area (TPSA) is 85.6 Å².